The van der Waals surface area contributed by atoms with Crippen molar-refractivity contribution in [3.63, 3.8) is 0 Å². The van der Waals surface area contributed by atoms with Crippen molar-refractivity contribution < 1.29 is 0 Å². The molecule has 4 rings (SSSR count). The van der Waals surface area contributed by atoms with Gasteiger partial charge < -0.3 is 22.9 Å². The lowest BCUT2D eigenvalue weighted by molar-refractivity contribution is 1.42. The van der Waals surface area contributed by atoms with E-state index in [1.165, 1.54) is 5.39 Å². The molecule has 4 aromatic rings. The number of aliphatic imine (C=N–C) groups is 2. The summed E-state index contributed by atoms with van der Waals surface area (Å²) in [6.07, 6.45) is 0. The van der Waals surface area contributed by atoms with Gasteiger partial charge in [-0.1, -0.05) is 60.7 Å². The van der Waals surface area contributed by atoms with Gasteiger partial charge in [0, 0.05) is 0 Å². The molecular formula is C24H22N6. The maximum atomic E-state index is 5.48. The number of nitrogens with two attached hydrogens (primary N) is 4. The molecule has 0 radical (unpaired) electrons. The van der Waals surface area contributed by atoms with Crippen molar-refractivity contribution in [3.05, 3.63) is 84.9 Å². The number of hydrogen-bond donors (Lipinski definition) is 4. The maximum absolute atomic E-state index is 5.48. The highest BCUT2D eigenvalue weighted by Gasteiger charge is 2.10. The van der Waals surface area contributed by atoms with Crippen LogP contribution in [0.5, 0.6) is 0 Å². The first-order valence-corrected chi connectivity index (χ1v) is 9.43. The zero-order chi connectivity index (χ0) is 21.1. The van der Waals surface area contributed by atoms with Gasteiger partial charge in [0.2, 0.25) is 0 Å². The zero-order valence-corrected chi connectivity index (χ0v) is 16.3. The lowest BCUT2D eigenvalue weighted by atomic mass is 9.91. The molecule has 0 spiro atoms. The minimum Gasteiger partial charge on any atom is -0.370 e. The van der Waals surface area contributed by atoms with Crippen LogP contribution in [-0.2, 0) is 0 Å². The predicted molar refractivity (Wildman–Crippen MR) is 126 cm³/mol. The number of guanidine groups is 2. The molecule has 8 N–H and O–H groups in total. The highest BCUT2D eigenvalue weighted by molar-refractivity contribution is 6.06. The molecule has 0 amide bonds. The van der Waals surface area contributed by atoms with Crippen molar-refractivity contribution in [1.29, 1.82) is 0 Å². The second-order valence-corrected chi connectivity index (χ2v) is 6.88. The van der Waals surface area contributed by atoms with Crippen molar-refractivity contribution in [1.82, 2.24) is 0 Å². The Hall–Kier alpha value is -4.32. The summed E-state index contributed by atoms with van der Waals surface area (Å²) in [6, 6.07) is 28.3. The smallest absolute Gasteiger partial charge is 0.191 e. The van der Waals surface area contributed by atoms with Crippen LogP contribution in [0.1, 0.15) is 0 Å². The molecule has 0 saturated carbocycles. The van der Waals surface area contributed by atoms with Gasteiger partial charge in [0.15, 0.2) is 11.9 Å². The minimum absolute atomic E-state index is 0.0411. The van der Waals surface area contributed by atoms with Gasteiger partial charge in [0.25, 0.3) is 0 Å². The van der Waals surface area contributed by atoms with Crippen molar-refractivity contribution >= 4 is 34.1 Å². The fourth-order valence-electron chi connectivity index (χ4n) is 3.55. The van der Waals surface area contributed by atoms with Gasteiger partial charge in [-0.2, -0.15) is 0 Å². The maximum Gasteiger partial charge on any atom is 0.191 e. The van der Waals surface area contributed by atoms with Gasteiger partial charge in [-0.15, -0.1) is 0 Å². The van der Waals surface area contributed by atoms with Gasteiger partial charge >= 0.3 is 0 Å². The van der Waals surface area contributed by atoms with E-state index in [1.807, 2.05) is 48.5 Å². The second-order valence-electron chi connectivity index (χ2n) is 6.88. The lowest BCUT2D eigenvalue weighted by Crippen LogP contribution is -2.21. The Morgan fingerprint density at radius 3 is 1.27 bits per heavy atom. The average molecular weight is 394 g/mol. The van der Waals surface area contributed by atoms with E-state index in [4.69, 9.17) is 22.9 Å². The molecule has 0 unspecified atom stereocenters. The normalized spacial score (nSPS) is 10.5. The second kappa shape index (κ2) is 7.97. The standard InChI is InChI=1S/C24H22N6/c25-23(26)29-18-11-7-15(8-12-18)20-5-1-3-17-4-2-6-21(22(17)20)16-9-13-19(14-10-16)30-24(27)28/h1-14H,(H4,25,26,29)(H4,27,28,30). The fraction of sp³-hybridized carbons (Fsp3) is 0. The van der Waals surface area contributed by atoms with Gasteiger partial charge in [-0.25, -0.2) is 9.98 Å². The number of hydrogen-bond acceptors (Lipinski definition) is 2. The molecule has 0 saturated heterocycles. The topological polar surface area (TPSA) is 129 Å². The summed E-state index contributed by atoms with van der Waals surface area (Å²) >= 11 is 0. The molecule has 0 atom stereocenters. The van der Waals surface area contributed by atoms with Gasteiger partial charge in [0.1, 0.15) is 0 Å². The van der Waals surface area contributed by atoms with Crippen LogP contribution in [0.15, 0.2) is 94.9 Å². The Morgan fingerprint density at radius 2 is 0.900 bits per heavy atom. The van der Waals surface area contributed by atoms with Crippen LogP contribution in [0.3, 0.4) is 0 Å². The first-order valence-electron chi connectivity index (χ1n) is 9.43. The molecule has 0 aliphatic carbocycles. The van der Waals surface area contributed by atoms with Crippen LogP contribution >= 0.6 is 0 Å². The summed E-state index contributed by atoms with van der Waals surface area (Å²) in [5, 5.41) is 2.33. The number of benzene rings is 4. The largest absolute Gasteiger partial charge is 0.370 e. The fourth-order valence-corrected chi connectivity index (χ4v) is 3.55. The van der Waals surface area contributed by atoms with E-state index in [0.29, 0.717) is 0 Å². The van der Waals surface area contributed by atoms with Crippen LogP contribution in [0.2, 0.25) is 0 Å². The minimum atomic E-state index is 0.0411. The molecular weight excluding hydrogens is 372 g/mol. The van der Waals surface area contributed by atoms with Gasteiger partial charge in [-0.05, 0) is 57.3 Å². The van der Waals surface area contributed by atoms with E-state index >= 15 is 0 Å². The van der Waals surface area contributed by atoms with E-state index in [2.05, 4.69) is 46.4 Å². The molecule has 0 fully saturated rings. The zero-order valence-electron chi connectivity index (χ0n) is 16.3. The monoisotopic (exact) mass is 394 g/mol. The molecule has 0 aromatic heterocycles. The van der Waals surface area contributed by atoms with Crippen LogP contribution in [0.4, 0.5) is 11.4 Å². The Morgan fingerprint density at radius 1 is 0.500 bits per heavy atom. The SMILES string of the molecule is NC(N)=Nc1ccc(-c2cccc3cccc(-c4ccc(N=C(N)N)cc4)c23)cc1. The third kappa shape index (κ3) is 3.93. The number of rotatable bonds is 4. The highest BCUT2D eigenvalue weighted by Crippen LogP contribution is 2.37. The van der Waals surface area contributed by atoms with Crippen molar-refractivity contribution in [2.24, 2.45) is 32.9 Å². The quantitative estimate of drug-likeness (QED) is 0.308. The first-order chi connectivity index (χ1) is 14.5. The summed E-state index contributed by atoms with van der Waals surface area (Å²) in [5.74, 6) is 0.0822. The van der Waals surface area contributed by atoms with Crippen LogP contribution in [0.25, 0.3) is 33.0 Å². The summed E-state index contributed by atoms with van der Waals surface area (Å²) in [4.78, 5) is 8.19. The predicted octanol–water partition coefficient (Wildman–Crippen LogP) is 3.98. The molecule has 4 aromatic carbocycles. The first kappa shape index (κ1) is 19.0. The van der Waals surface area contributed by atoms with E-state index in [0.717, 1.165) is 39.0 Å². The van der Waals surface area contributed by atoms with Crippen LogP contribution in [0, 0.1) is 0 Å². The van der Waals surface area contributed by atoms with Crippen LogP contribution < -0.4 is 22.9 Å². The lowest BCUT2D eigenvalue weighted by Gasteiger charge is -2.13. The van der Waals surface area contributed by atoms with E-state index < -0.39 is 0 Å². The van der Waals surface area contributed by atoms with Crippen molar-refractivity contribution in [2.75, 3.05) is 0 Å². The molecule has 0 aliphatic rings. The summed E-state index contributed by atoms with van der Waals surface area (Å²) < 4.78 is 0. The van der Waals surface area contributed by atoms with Gasteiger partial charge in [0.05, 0.1) is 11.4 Å². The Labute approximate surface area is 174 Å². The summed E-state index contributed by atoms with van der Waals surface area (Å²) in [7, 11) is 0. The third-order valence-electron chi connectivity index (χ3n) is 4.78. The number of nitrogens with zero attached hydrogens (tertiary/aromatic N) is 2. The van der Waals surface area contributed by atoms with Crippen LogP contribution in [-0.4, -0.2) is 11.9 Å². The molecule has 6 heteroatoms. The van der Waals surface area contributed by atoms with E-state index in [-0.39, 0.29) is 11.9 Å². The molecule has 0 heterocycles. The molecule has 6 nitrogen and oxygen atoms in total. The van der Waals surface area contributed by atoms with E-state index in [9.17, 15) is 0 Å². The summed E-state index contributed by atoms with van der Waals surface area (Å²) in [5.41, 5.74) is 27.8. The molecule has 0 aliphatic heterocycles. The average Bonchev–Trinajstić information content (AvgIpc) is 2.73. The Bertz CT molecular complexity index is 1150. The molecule has 148 valence electrons. The highest BCUT2D eigenvalue weighted by atomic mass is 15.0. The van der Waals surface area contributed by atoms with Crippen molar-refractivity contribution in [2.45, 2.75) is 0 Å². The summed E-state index contributed by atoms with van der Waals surface area (Å²) in [6.45, 7) is 0. The molecule has 0 bridgehead atoms. The Balaban J connectivity index is 1.85. The molecule has 30 heavy (non-hydrogen) atoms. The van der Waals surface area contributed by atoms with E-state index in [1.54, 1.807) is 0 Å². The number of fused-ring (bicyclic) bond motifs is 1. The van der Waals surface area contributed by atoms with Gasteiger partial charge in [-0.3, -0.25) is 0 Å². The Kier molecular flexibility index (Phi) is 5.05. The third-order valence-corrected chi connectivity index (χ3v) is 4.78. The van der Waals surface area contributed by atoms with Crippen molar-refractivity contribution in [3.8, 4) is 22.3 Å².